The van der Waals surface area contributed by atoms with Gasteiger partial charge in [0.2, 0.25) is 0 Å². The number of nitrogens with zero attached hydrogens (tertiary/aromatic N) is 2. The first-order chi connectivity index (χ1) is 7.79. The van der Waals surface area contributed by atoms with E-state index >= 15 is 0 Å². The molecule has 1 aliphatic heterocycles. The van der Waals surface area contributed by atoms with Crippen LogP contribution in [0.5, 0.6) is 0 Å². The molecule has 1 aromatic heterocycles. The van der Waals surface area contributed by atoms with Crippen molar-refractivity contribution in [2.45, 2.75) is 18.9 Å². The standard InChI is InChI=1S/C10H16N4O2/c1-16-10(15)13-8-6-12-14(7-8)9-2-4-11-5-3-9/h6-7,9,11H,2-5H2,1H3,(H,13,15). The van der Waals surface area contributed by atoms with E-state index < -0.39 is 6.09 Å². The van der Waals surface area contributed by atoms with Gasteiger partial charge in [-0.1, -0.05) is 0 Å². The maximum atomic E-state index is 11.0. The van der Waals surface area contributed by atoms with Crippen molar-refractivity contribution in [1.82, 2.24) is 15.1 Å². The number of methoxy groups -OCH3 is 1. The quantitative estimate of drug-likeness (QED) is 0.786. The van der Waals surface area contributed by atoms with Crippen LogP contribution in [0.4, 0.5) is 10.5 Å². The van der Waals surface area contributed by atoms with Gasteiger partial charge in [0.05, 0.1) is 25.0 Å². The molecular weight excluding hydrogens is 208 g/mol. The number of hydrogen-bond donors (Lipinski definition) is 2. The average Bonchev–Trinajstić information content (AvgIpc) is 2.78. The third-order valence-electron chi connectivity index (χ3n) is 2.72. The van der Waals surface area contributed by atoms with Crippen LogP contribution in [0, 0.1) is 0 Å². The predicted octanol–water partition coefficient (Wildman–Crippen LogP) is 0.986. The smallest absolute Gasteiger partial charge is 0.411 e. The van der Waals surface area contributed by atoms with Crippen LogP contribution in [0.2, 0.25) is 0 Å². The number of piperidine rings is 1. The zero-order valence-corrected chi connectivity index (χ0v) is 9.27. The summed E-state index contributed by atoms with van der Waals surface area (Å²) in [5.74, 6) is 0. The Kier molecular flexibility index (Phi) is 3.40. The van der Waals surface area contributed by atoms with Crippen molar-refractivity contribution in [3.05, 3.63) is 12.4 Å². The molecular formula is C10H16N4O2. The van der Waals surface area contributed by atoms with Crippen molar-refractivity contribution in [3.8, 4) is 0 Å². The number of carbonyl (C=O) groups is 1. The molecule has 1 saturated heterocycles. The van der Waals surface area contributed by atoms with Gasteiger partial charge in [-0.3, -0.25) is 10.00 Å². The molecule has 16 heavy (non-hydrogen) atoms. The molecule has 1 aromatic rings. The summed E-state index contributed by atoms with van der Waals surface area (Å²) >= 11 is 0. The molecule has 6 nitrogen and oxygen atoms in total. The molecule has 0 saturated carbocycles. The van der Waals surface area contributed by atoms with E-state index in [-0.39, 0.29) is 0 Å². The maximum Gasteiger partial charge on any atom is 0.411 e. The molecule has 0 aliphatic carbocycles. The monoisotopic (exact) mass is 224 g/mol. The van der Waals surface area contributed by atoms with Crippen molar-refractivity contribution in [3.63, 3.8) is 0 Å². The second-order valence-corrected chi connectivity index (χ2v) is 3.81. The molecule has 0 radical (unpaired) electrons. The summed E-state index contributed by atoms with van der Waals surface area (Å²) in [6.07, 6.45) is 5.15. The fourth-order valence-corrected chi connectivity index (χ4v) is 1.84. The second-order valence-electron chi connectivity index (χ2n) is 3.81. The SMILES string of the molecule is COC(=O)Nc1cnn(C2CCNCC2)c1. The van der Waals surface area contributed by atoms with Crippen LogP contribution in [0.1, 0.15) is 18.9 Å². The van der Waals surface area contributed by atoms with Gasteiger partial charge < -0.3 is 10.1 Å². The third-order valence-corrected chi connectivity index (χ3v) is 2.72. The summed E-state index contributed by atoms with van der Waals surface area (Å²) in [6.45, 7) is 2.04. The Morgan fingerprint density at radius 3 is 3.06 bits per heavy atom. The van der Waals surface area contributed by atoms with E-state index in [9.17, 15) is 4.79 Å². The third kappa shape index (κ3) is 2.52. The Balaban J connectivity index is 1.98. The summed E-state index contributed by atoms with van der Waals surface area (Å²) < 4.78 is 6.42. The fourth-order valence-electron chi connectivity index (χ4n) is 1.84. The Morgan fingerprint density at radius 2 is 2.38 bits per heavy atom. The summed E-state index contributed by atoms with van der Waals surface area (Å²) in [6, 6.07) is 0.425. The van der Waals surface area contributed by atoms with Gasteiger partial charge in [0, 0.05) is 6.20 Å². The number of carbonyl (C=O) groups excluding carboxylic acids is 1. The van der Waals surface area contributed by atoms with E-state index in [1.54, 1.807) is 6.20 Å². The minimum absolute atomic E-state index is 0.425. The average molecular weight is 224 g/mol. The molecule has 88 valence electrons. The van der Waals surface area contributed by atoms with Crippen molar-refractivity contribution in [1.29, 1.82) is 0 Å². The molecule has 6 heteroatoms. The van der Waals surface area contributed by atoms with Crippen LogP contribution in [0.3, 0.4) is 0 Å². The number of amides is 1. The Morgan fingerprint density at radius 1 is 1.62 bits per heavy atom. The molecule has 0 bridgehead atoms. The summed E-state index contributed by atoms with van der Waals surface area (Å²) in [7, 11) is 1.34. The zero-order valence-electron chi connectivity index (χ0n) is 9.27. The lowest BCUT2D eigenvalue weighted by Crippen LogP contribution is -2.29. The minimum atomic E-state index is -0.468. The molecule has 2 rings (SSSR count). The predicted molar refractivity (Wildman–Crippen MR) is 59.4 cm³/mol. The van der Waals surface area contributed by atoms with Crippen molar-refractivity contribution >= 4 is 11.8 Å². The maximum absolute atomic E-state index is 11.0. The first-order valence-electron chi connectivity index (χ1n) is 5.39. The highest BCUT2D eigenvalue weighted by Gasteiger charge is 2.15. The number of anilines is 1. The summed E-state index contributed by atoms with van der Waals surface area (Å²) in [4.78, 5) is 11.0. The highest BCUT2D eigenvalue weighted by molar-refractivity contribution is 5.83. The first kappa shape index (κ1) is 10.9. The van der Waals surface area contributed by atoms with Crippen molar-refractivity contribution in [2.75, 3.05) is 25.5 Å². The Labute approximate surface area is 94.0 Å². The van der Waals surface area contributed by atoms with E-state index in [0.29, 0.717) is 11.7 Å². The van der Waals surface area contributed by atoms with E-state index in [1.807, 2.05) is 10.9 Å². The van der Waals surface area contributed by atoms with Gasteiger partial charge in [0.25, 0.3) is 0 Å². The number of aromatic nitrogens is 2. The van der Waals surface area contributed by atoms with Crippen molar-refractivity contribution < 1.29 is 9.53 Å². The molecule has 1 fully saturated rings. The fraction of sp³-hybridized carbons (Fsp3) is 0.600. The number of ether oxygens (including phenoxy) is 1. The van der Waals surface area contributed by atoms with E-state index in [4.69, 9.17) is 0 Å². The molecule has 0 spiro atoms. The van der Waals surface area contributed by atoms with Gasteiger partial charge in [-0.25, -0.2) is 4.79 Å². The normalized spacial score (nSPS) is 17.1. The molecule has 0 aromatic carbocycles. The number of rotatable bonds is 2. The Bertz CT molecular complexity index is 357. The van der Waals surface area contributed by atoms with Crippen LogP contribution < -0.4 is 10.6 Å². The largest absolute Gasteiger partial charge is 0.453 e. The van der Waals surface area contributed by atoms with Crippen LogP contribution in [-0.4, -0.2) is 36.1 Å². The van der Waals surface area contributed by atoms with Crippen LogP contribution >= 0.6 is 0 Å². The van der Waals surface area contributed by atoms with Gasteiger partial charge in [-0.05, 0) is 25.9 Å². The van der Waals surface area contributed by atoms with E-state index in [2.05, 4.69) is 20.5 Å². The van der Waals surface area contributed by atoms with E-state index in [1.165, 1.54) is 7.11 Å². The van der Waals surface area contributed by atoms with Crippen LogP contribution in [0.25, 0.3) is 0 Å². The van der Waals surface area contributed by atoms with Gasteiger partial charge >= 0.3 is 6.09 Å². The molecule has 1 aliphatic rings. The molecule has 2 heterocycles. The first-order valence-corrected chi connectivity index (χ1v) is 5.39. The highest BCUT2D eigenvalue weighted by atomic mass is 16.5. The molecule has 0 unspecified atom stereocenters. The molecule has 1 amide bonds. The van der Waals surface area contributed by atoms with Gasteiger partial charge in [0.15, 0.2) is 0 Å². The topological polar surface area (TPSA) is 68.2 Å². The second kappa shape index (κ2) is 4.98. The highest BCUT2D eigenvalue weighted by Crippen LogP contribution is 2.19. The lowest BCUT2D eigenvalue weighted by atomic mass is 10.1. The molecule has 0 atom stereocenters. The lowest BCUT2D eigenvalue weighted by Gasteiger charge is -2.22. The Hall–Kier alpha value is -1.56. The minimum Gasteiger partial charge on any atom is -0.453 e. The van der Waals surface area contributed by atoms with Gasteiger partial charge in [0.1, 0.15) is 0 Å². The lowest BCUT2D eigenvalue weighted by molar-refractivity contribution is 0.187. The van der Waals surface area contributed by atoms with Gasteiger partial charge in [-0.15, -0.1) is 0 Å². The van der Waals surface area contributed by atoms with Gasteiger partial charge in [-0.2, -0.15) is 5.10 Å². The summed E-state index contributed by atoms with van der Waals surface area (Å²) in [5, 5.41) is 10.1. The summed E-state index contributed by atoms with van der Waals surface area (Å²) in [5.41, 5.74) is 0.672. The van der Waals surface area contributed by atoms with Crippen LogP contribution in [-0.2, 0) is 4.74 Å². The number of nitrogens with one attached hydrogen (secondary N) is 2. The number of hydrogen-bond acceptors (Lipinski definition) is 4. The zero-order chi connectivity index (χ0) is 11.4. The van der Waals surface area contributed by atoms with Crippen molar-refractivity contribution in [2.24, 2.45) is 0 Å². The van der Waals surface area contributed by atoms with E-state index in [0.717, 1.165) is 25.9 Å². The molecule has 2 N–H and O–H groups in total. The van der Waals surface area contributed by atoms with Crippen LogP contribution in [0.15, 0.2) is 12.4 Å².